The largest absolute Gasteiger partial charge is 0.464 e. The minimum atomic E-state index is -1.10. The smallest absolute Gasteiger partial charge is 0.329 e. The van der Waals surface area contributed by atoms with Crippen molar-refractivity contribution in [3.05, 3.63) is 0 Å². The average molecular weight is 460 g/mol. The third-order valence-corrected chi connectivity index (χ3v) is 3.88. The highest BCUT2D eigenvalue weighted by atomic mass is 16.6. The predicted octanol–water partition coefficient (Wildman–Crippen LogP) is 2.18. The number of carbonyl (C=O) groups excluding carboxylic acids is 4. The Morgan fingerprint density at radius 2 is 1.34 bits per heavy atom. The zero-order valence-electron chi connectivity index (χ0n) is 20.5. The van der Waals surface area contributed by atoms with E-state index in [0.29, 0.717) is 25.8 Å². The van der Waals surface area contributed by atoms with Gasteiger partial charge in [-0.05, 0) is 80.7 Å². The normalized spacial score (nSPS) is 13.5. The molecule has 0 radical (unpaired) electrons. The second-order valence-electron chi connectivity index (χ2n) is 9.42. The Hall–Kier alpha value is -2.36. The highest BCUT2D eigenvalue weighted by molar-refractivity contribution is 5.87. The maximum Gasteiger partial charge on any atom is 0.329 e. The molecular formula is C22H41N3O7. The Balaban J connectivity index is 5.22. The number of hydrogen-bond donors (Lipinski definition) is 3. The van der Waals surface area contributed by atoms with Crippen molar-refractivity contribution in [2.75, 3.05) is 13.2 Å². The molecule has 32 heavy (non-hydrogen) atoms. The van der Waals surface area contributed by atoms with Crippen LogP contribution in [-0.2, 0) is 28.6 Å². The molecule has 10 heteroatoms. The highest BCUT2D eigenvalue weighted by Gasteiger charge is 2.30. The highest BCUT2D eigenvalue weighted by Crippen LogP contribution is 2.14. The third kappa shape index (κ3) is 14.6. The summed E-state index contributed by atoms with van der Waals surface area (Å²) >= 11 is 0. The Morgan fingerprint density at radius 3 is 1.81 bits per heavy atom. The topological polar surface area (TPSA) is 146 Å². The number of amides is 2. The summed E-state index contributed by atoms with van der Waals surface area (Å²) in [7, 11) is 0. The van der Waals surface area contributed by atoms with Gasteiger partial charge in [0.2, 0.25) is 0 Å². The molecule has 0 aliphatic carbocycles. The standard InChI is InChI=1S/C22H41N3O7/c1-8-30-18(27)15(11-9-10-14-23)24-20(29)25-16(19(28)32-22(5,6)7)12-13-17(26)31-21(2,3)4/h15-16H,8-14,23H2,1-7H3,(H2,24,25,29)/t15?,16-/m0/s1. The summed E-state index contributed by atoms with van der Waals surface area (Å²) in [5.74, 6) is -1.76. The maximum atomic E-state index is 12.6. The van der Waals surface area contributed by atoms with Crippen molar-refractivity contribution in [2.24, 2.45) is 5.73 Å². The number of unbranched alkanes of at least 4 members (excludes halogenated alkanes) is 1. The van der Waals surface area contributed by atoms with Crippen LogP contribution < -0.4 is 16.4 Å². The molecule has 0 aromatic rings. The summed E-state index contributed by atoms with van der Waals surface area (Å²) in [6.45, 7) is 12.6. The molecule has 2 atom stereocenters. The first-order valence-electron chi connectivity index (χ1n) is 11.1. The Morgan fingerprint density at radius 1 is 0.812 bits per heavy atom. The minimum Gasteiger partial charge on any atom is -0.464 e. The summed E-state index contributed by atoms with van der Waals surface area (Å²) < 4.78 is 15.6. The Labute approximate surface area is 191 Å². The second kappa shape index (κ2) is 13.9. The van der Waals surface area contributed by atoms with E-state index in [1.165, 1.54) is 0 Å². The van der Waals surface area contributed by atoms with Crippen LogP contribution in [-0.4, -0.2) is 60.4 Å². The molecule has 0 saturated heterocycles. The van der Waals surface area contributed by atoms with Gasteiger partial charge in [0.05, 0.1) is 6.61 Å². The number of nitrogens with one attached hydrogen (secondary N) is 2. The van der Waals surface area contributed by atoms with Crippen LogP contribution in [0.1, 0.15) is 80.6 Å². The van der Waals surface area contributed by atoms with Crippen molar-refractivity contribution in [1.29, 1.82) is 0 Å². The van der Waals surface area contributed by atoms with Crippen molar-refractivity contribution < 1.29 is 33.4 Å². The van der Waals surface area contributed by atoms with E-state index in [1.807, 2.05) is 0 Å². The van der Waals surface area contributed by atoms with Gasteiger partial charge in [-0.2, -0.15) is 0 Å². The molecule has 0 aliphatic heterocycles. The molecule has 0 aromatic heterocycles. The molecule has 4 N–H and O–H groups in total. The van der Waals surface area contributed by atoms with Gasteiger partial charge in [-0.3, -0.25) is 4.79 Å². The van der Waals surface area contributed by atoms with E-state index in [9.17, 15) is 19.2 Å². The fraction of sp³-hybridized carbons (Fsp3) is 0.818. The van der Waals surface area contributed by atoms with Crippen molar-refractivity contribution in [3.63, 3.8) is 0 Å². The van der Waals surface area contributed by atoms with Gasteiger partial charge in [0.25, 0.3) is 0 Å². The van der Waals surface area contributed by atoms with Crippen molar-refractivity contribution in [3.8, 4) is 0 Å². The van der Waals surface area contributed by atoms with Crippen LogP contribution in [0, 0.1) is 0 Å². The lowest BCUT2D eigenvalue weighted by Gasteiger charge is -2.26. The van der Waals surface area contributed by atoms with E-state index in [4.69, 9.17) is 19.9 Å². The van der Waals surface area contributed by atoms with Crippen molar-refractivity contribution in [1.82, 2.24) is 10.6 Å². The van der Waals surface area contributed by atoms with Crippen LogP contribution >= 0.6 is 0 Å². The molecule has 0 rings (SSSR count). The molecule has 0 bridgehead atoms. The molecule has 0 saturated carbocycles. The van der Waals surface area contributed by atoms with E-state index < -0.39 is 47.2 Å². The van der Waals surface area contributed by atoms with Crippen LogP contribution in [0.4, 0.5) is 4.79 Å². The predicted molar refractivity (Wildman–Crippen MR) is 120 cm³/mol. The number of nitrogens with two attached hydrogens (primary N) is 1. The summed E-state index contributed by atoms with van der Waals surface area (Å²) in [6.07, 6.45) is 1.54. The van der Waals surface area contributed by atoms with E-state index in [1.54, 1.807) is 48.5 Å². The van der Waals surface area contributed by atoms with Crippen LogP contribution in [0.3, 0.4) is 0 Å². The lowest BCUT2D eigenvalue weighted by Crippen LogP contribution is -2.52. The van der Waals surface area contributed by atoms with Crippen LogP contribution in [0.25, 0.3) is 0 Å². The minimum absolute atomic E-state index is 0.0194. The number of ether oxygens (including phenoxy) is 3. The molecule has 2 amide bonds. The second-order valence-corrected chi connectivity index (χ2v) is 9.42. The summed E-state index contributed by atoms with van der Waals surface area (Å²) in [4.78, 5) is 49.4. The Bertz CT molecular complexity index is 624. The fourth-order valence-electron chi connectivity index (χ4n) is 2.62. The van der Waals surface area contributed by atoms with Crippen LogP contribution in [0.5, 0.6) is 0 Å². The third-order valence-electron chi connectivity index (χ3n) is 3.88. The average Bonchev–Trinajstić information content (AvgIpc) is 2.61. The lowest BCUT2D eigenvalue weighted by atomic mass is 10.1. The number of carbonyl (C=O) groups is 4. The lowest BCUT2D eigenvalue weighted by molar-refractivity contribution is -0.158. The number of rotatable bonds is 12. The van der Waals surface area contributed by atoms with Gasteiger partial charge < -0.3 is 30.6 Å². The van der Waals surface area contributed by atoms with Gasteiger partial charge in [-0.25, -0.2) is 14.4 Å². The molecule has 0 heterocycles. The zero-order valence-corrected chi connectivity index (χ0v) is 20.5. The fourth-order valence-corrected chi connectivity index (χ4v) is 2.62. The number of esters is 3. The van der Waals surface area contributed by atoms with Crippen molar-refractivity contribution >= 4 is 23.9 Å². The molecule has 0 aliphatic rings. The van der Waals surface area contributed by atoms with Gasteiger partial charge in [0.15, 0.2) is 0 Å². The maximum absolute atomic E-state index is 12.6. The number of urea groups is 1. The molecule has 1 unspecified atom stereocenters. The quantitative estimate of drug-likeness (QED) is 0.229. The summed E-state index contributed by atoms with van der Waals surface area (Å²) in [5.41, 5.74) is 4.04. The molecule has 10 nitrogen and oxygen atoms in total. The van der Waals surface area contributed by atoms with Gasteiger partial charge >= 0.3 is 23.9 Å². The SMILES string of the molecule is CCOC(=O)C(CCCCN)NC(=O)N[C@@H](CCC(=O)OC(C)(C)C)C(=O)OC(C)(C)C. The van der Waals surface area contributed by atoms with Gasteiger partial charge in [0.1, 0.15) is 23.3 Å². The molecule has 0 spiro atoms. The zero-order chi connectivity index (χ0) is 24.9. The van der Waals surface area contributed by atoms with E-state index in [-0.39, 0.29) is 19.4 Å². The monoisotopic (exact) mass is 459 g/mol. The summed E-state index contributed by atoms with van der Waals surface area (Å²) in [5, 5.41) is 5.06. The van der Waals surface area contributed by atoms with Gasteiger partial charge in [0, 0.05) is 6.42 Å². The number of hydrogen-bond acceptors (Lipinski definition) is 8. The molecule has 186 valence electrons. The molecule has 0 fully saturated rings. The van der Waals surface area contributed by atoms with Crippen molar-refractivity contribution in [2.45, 2.75) is 104 Å². The van der Waals surface area contributed by atoms with Crippen LogP contribution in [0.15, 0.2) is 0 Å². The van der Waals surface area contributed by atoms with Gasteiger partial charge in [-0.1, -0.05) is 0 Å². The first-order valence-corrected chi connectivity index (χ1v) is 11.1. The molecular weight excluding hydrogens is 418 g/mol. The van der Waals surface area contributed by atoms with Crippen LogP contribution in [0.2, 0.25) is 0 Å². The van der Waals surface area contributed by atoms with E-state index in [2.05, 4.69) is 10.6 Å². The van der Waals surface area contributed by atoms with E-state index in [0.717, 1.165) is 0 Å². The van der Waals surface area contributed by atoms with E-state index >= 15 is 0 Å². The first-order chi connectivity index (χ1) is 14.7. The summed E-state index contributed by atoms with van der Waals surface area (Å²) in [6, 6.07) is -2.73. The Kier molecular flexibility index (Phi) is 12.9. The first kappa shape index (κ1) is 29.6. The molecule has 0 aromatic carbocycles. The van der Waals surface area contributed by atoms with Gasteiger partial charge in [-0.15, -0.1) is 0 Å².